The van der Waals surface area contributed by atoms with Gasteiger partial charge < -0.3 is 5.32 Å². The minimum atomic E-state index is 0.363. The number of aromatic nitrogens is 2. The molecule has 4 heteroatoms. The van der Waals surface area contributed by atoms with Crippen LogP contribution in [0.4, 0.5) is 5.82 Å². The summed E-state index contributed by atoms with van der Waals surface area (Å²) >= 11 is 3.44. The predicted octanol–water partition coefficient (Wildman–Crippen LogP) is 3.72. The zero-order valence-electron chi connectivity index (χ0n) is 9.83. The number of nitrogens with zero attached hydrogens (tertiary/aromatic N) is 2. The third-order valence-electron chi connectivity index (χ3n) is 2.94. The smallest absolute Gasteiger partial charge is 0.134 e. The molecule has 0 aliphatic heterocycles. The highest BCUT2D eigenvalue weighted by molar-refractivity contribution is 9.10. The number of rotatable bonds is 3. The fourth-order valence-corrected chi connectivity index (χ4v) is 2.45. The molecule has 0 atom stereocenters. The van der Waals surface area contributed by atoms with E-state index in [9.17, 15) is 0 Å². The Morgan fingerprint density at radius 1 is 1.31 bits per heavy atom. The monoisotopic (exact) mass is 283 g/mol. The molecule has 1 aromatic rings. The second-order valence-electron chi connectivity index (χ2n) is 4.71. The first kappa shape index (κ1) is 11.8. The Labute approximate surface area is 105 Å². The van der Waals surface area contributed by atoms with E-state index in [4.69, 9.17) is 0 Å². The quantitative estimate of drug-likeness (QED) is 0.860. The highest BCUT2D eigenvalue weighted by Gasteiger charge is 2.16. The van der Waals surface area contributed by atoms with E-state index in [0.29, 0.717) is 12.0 Å². The lowest BCUT2D eigenvalue weighted by atomic mass is 10.2. The standard InChI is InChI=1S/C12H18BrN3/c1-8(2)12-15-10(13)7-11(16-12)14-9-5-3-4-6-9/h7-9H,3-6H2,1-2H3,(H,14,15,16). The Bertz CT molecular complexity index is 359. The van der Waals surface area contributed by atoms with Crippen molar-refractivity contribution < 1.29 is 0 Å². The van der Waals surface area contributed by atoms with E-state index in [1.54, 1.807) is 0 Å². The summed E-state index contributed by atoms with van der Waals surface area (Å²) in [6.45, 7) is 4.22. The van der Waals surface area contributed by atoms with Gasteiger partial charge in [0.1, 0.15) is 16.2 Å². The van der Waals surface area contributed by atoms with Crippen LogP contribution in [0, 0.1) is 0 Å². The molecule has 0 saturated heterocycles. The van der Waals surface area contributed by atoms with Crippen molar-refractivity contribution in [2.24, 2.45) is 0 Å². The van der Waals surface area contributed by atoms with Gasteiger partial charge in [0.05, 0.1) is 0 Å². The maximum absolute atomic E-state index is 4.54. The van der Waals surface area contributed by atoms with Gasteiger partial charge in [0, 0.05) is 18.0 Å². The van der Waals surface area contributed by atoms with Crippen molar-refractivity contribution in [3.8, 4) is 0 Å². The van der Waals surface area contributed by atoms with E-state index >= 15 is 0 Å². The van der Waals surface area contributed by atoms with Crippen molar-refractivity contribution in [1.82, 2.24) is 9.97 Å². The first-order valence-electron chi connectivity index (χ1n) is 5.96. The normalized spacial score (nSPS) is 17.0. The molecule has 2 rings (SSSR count). The first-order chi connectivity index (χ1) is 7.65. The third-order valence-corrected chi connectivity index (χ3v) is 3.34. The molecule has 1 saturated carbocycles. The van der Waals surface area contributed by atoms with E-state index in [0.717, 1.165) is 16.2 Å². The van der Waals surface area contributed by atoms with Crippen LogP contribution in [-0.4, -0.2) is 16.0 Å². The minimum Gasteiger partial charge on any atom is -0.367 e. The van der Waals surface area contributed by atoms with Crippen LogP contribution in [0.3, 0.4) is 0 Å². The second kappa shape index (κ2) is 5.13. The van der Waals surface area contributed by atoms with Crippen molar-refractivity contribution in [2.75, 3.05) is 5.32 Å². The van der Waals surface area contributed by atoms with Crippen molar-refractivity contribution in [1.29, 1.82) is 0 Å². The molecule has 88 valence electrons. The molecule has 0 radical (unpaired) electrons. The van der Waals surface area contributed by atoms with Gasteiger partial charge in [-0.15, -0.1) is 0 Å². The molecule has 0 aromatic carbocycles. The van der Waals surface area contributed by atoms with E-state index in [1.807, 2.05) is 6.07 Å². The zero-order chi connectivity index (χ0) is 11.5. The van der Waals surface area contributed by atoms with Crippen molar-refractivity contribution in [3.63, 3.8) is 0 Å². The summed E-state index contributed by atoms with van der Waals surface area (Å²) in [7, 11) is 0. The molecule has 1 aliphatic rings. The fourth-order valence-electron chi connectivity index (χ4n) is 2.05. The molecule has 1 aromatic heterocycles. The molecular formula is C12H18BrN3. The van der Waals surface area contributed by atoms with Gasteiger partial charge in [-0.25, -0.2) is 9.97 Å². The Hall–Kier alpha value is -0.640. The number of hydrogen-bond acceptors (Lipinski definition) is 3. The van der Waals surface area contributed by atoms with Gasteiger partial charge in [-0.2, -0.15) is 0 Å². The molecule has 0 unspecified atom stereocenters. The summed E-state index contributed by atoms with van der Waals surface area (Å²) in [5.74, 6) is 2.22. The maximum Gasteiger partial charge on any atom is 0.134 e. The van der Waals surface area contributed by atoms with Crippen molar-refractivity contribution >= 4 is 21.7 Å². The zero-order valence-corrected chi connectivity index (χ0v) is 11.4. The Kier molecular flexibility index (Phi) is 3.79. The molecule has 16 heavy (non-hydrogen) atoms. The molecule has 1 heterocycles. The summed E-state index contributed by atoms with van der Waals surface area (Å²) in [6, 6.07) is 2.56. The van der Waals surface area contributed by atoms with Crippen LogP contribution in [0.15, 0.2) is 10.7 Å². The van der Waals surface area contributed by atoms with E-state index in [-0.39, 0.29) is 0 Å². The summed E-state index contributed by atoms with van der Waals surface area (Å²) in [4.78, 5) is 8.92. The van der Waals surface area contributed by atoms with Gasteiger partial charge in [-0.3, -0.25) is 0 Å². The van der Waals surface area contributed by atoms with E-state index in [1.165, 1.54) is 25.7 Å². The van der Waals surface area contributed by atoms with Crippen LogP contribution >= 0.6 is 15.9 Å². The van der Waals surface area contributed by atoms with E-state index in [2.05, 4.69) is 45.1 Å². The molecule has 0 amide bonds. The van der Waals surface area contributed by atoms with Crippen LogP contribution < -0.4 is 5.32 Å². The average molecular weight is 284 g/mol. The van der Waals surface area contributed by atoms with E-state index < -0.39 is 0 Å². The lowest BCUT2D eigenvalue weighted by molar-refractivity contribution is 0.733. The number of anilines is 1. The predicted molar refractivity (Wildman–Crippen MR) is 69.7 cm³/mol. The number of halogens is 1. The number of nitrogens with one attached hydrogen (secondary N) is 1. The molecule has 0 spiro atoms. The molecule has 1 fully saturated rings. The van der Waals surface area contributed by atoms with Gasteiger partial charge in [0.15, 0.2) is 0 Å². The Morgan fingerprint density at radius 2 is 2.00 bits per heavy atom. The highest BCUT2D eigenvalue weighted by atomic mass is 79.9. The van der Waals surface area contributed by atoms with Crippen LogP contribution in [0.2, 0.25) is 0 Å². The Balaban J connectivity index is 2.13. The molecule has 0 bridgehead atoms. The maximum atomic E-state index is 4.54. The van der Waals surface area contributed by atoms with Crippen LogP contribution in [-0.2, 0) is 0 Å². The summed E-state index contributed by atoms with van der Waals surface area (Å²) in [5, 5.41) is 3.50. The average Bonchev–Trinajstić information content (AvgIpc) is 2.69. The summed E-state index contributed by atoms with van der Waals surface area (Å²) < 4.78 is 0.867. The number of hydrogen-bond donors (Lipinski definition) is 1. The van der Waals surface area contributed by atoms with Crippen molar-refractivity contribution in [2.45, 2.75) is 51.5 Å². The summed E-state index contributed by atoms with van der Waals surface area (Å²) in [5.41, 5.74) is 0. The second-order valence-corrected chi connectivity index (χ2v) is 5.53. The lowest BCUT2D eigenvalue weighted by Gasteiger charge is -2.14. The molecule has 1 aliphatic carbocycles. The van der Waals surface area contributed by atoms with Gasteiger partial charge >= 0.3 is 0 Å². The third kappa shape index (κ3) is 2.94. The van der Waals surface area contributed by atoms with Gasteiger partial charge in [0.2, 0.25) is 0 Å². The highest BCUT2D eigenvalue weighted by Crippen LogP contribution is 2.23. The van der Waals surface area contributed by atoms with Gasteiger partial charge in [-0.1, -0.05) is 26.7 Å². The SMILES string of the molecule is CC(C)c1nc(Br)cc(NC2CCCC2)n1. The minimum absolute atomic E-state index is 0.363. The van der Waals surface area contributed by atoms with Crippen LogP contribution in [0.5, 0.6) is 0 Å². The topological polar surface area (TPSA) is 37.8 Å². The summed E-state index contributed by atoms with van der Waals surface area (Å²) in [6.07, 6.45) is 5.19. The molecule has 3 nitrogen and oxygen atoms in total. The van der Waals surface area contributed by atoms with Crippen LogP contribution in [0.25, 0.3) is 0 Å². The molecular weight excluding hydrogens is 266 g/mol. The van der Waals surface area contributed by atoms with Gasteiger partial charge in [-0.05, 0) is 28.8 Å². The lowest BCUT2D eigenvalue weighted by Crippen LogP contribution is -2.16. The van der Waals surface area contributed by atoms with Crippen LogP contribution in [0.1, 0.15) is 51.3 Å². The Morgan fingerprint density at radius 3 is 2.62 bits per heavy atom. The fraction of sp³-hybridized carbons (Fsp3) is 0.667. The van der Waals surface area contributed by atoms with Crippen molar-refractivity contribution in [3.05, 3.63) is 16.5 Å². The first-order valence-corrected chi connectivity index (χ1v) is 6.75. The molecule has 1 N–H and O–H groups in total. The van der Waals surface area contributed by atoms with Gasteiger partial charge in [0.25, 0.3) is 0 Å². The largest absolute Gasteiger partial charge is 0.367 e.